The highest BCUT2D eigenvalue weighted by Gasteiger charge is 2.42. The van der Waals surface area contributed by atoms with E-state index < -0.39 is 35.9 Å². The van der Waals surface area contributed by atoms with Gasteiger partial charge in [0.2, 0.25) is 0 Å². The lowest BCUT2D eigenvalue weighted by molar-refractivity contribution is -0.870. The molecule has 334 valence electrons. The number of likely N-dealkylation sites (N-methyl/N-ethyl adjacent to an activating group) is 1. The topological polar surface area (TPSA) is 111 Å². The van der Waals surface area contributed by atoms with Crippen LogP contribution in [0.4, 0.5) is 0 Å². The number of nitrogens with zero attached hydrogens (tertiary/aromatic N) is 1. The average Bonchev–Trinajstić information content (AvgIpc) is 3.12. The summed E-state index contributed by atoms with van der Waals surface area (Å²) < 4.78 is 32.9. The molecule has 0 aromatic heterocycles. The lowest BCUT2D eigenvalue weighted by Gasteiger charge is -2.32. The van der Waals surface area contributed by atoms with Crippen LogP contribution in [0.2, 0.25) is 0 Å². The fourth-order valence-corrected chi connectivity index (χ4v) is 8.10. The van der Waals surface area contributed by atoms with Gasteiger partial charge in [0.15, 0.2) is 6.10 Å². The van der Waals surface area contributed by atoms with Gasteiger partial charge < -0.3 is 27.9 Å². The van der Waals surface area contributed by atoms with Crippen molar-refractivity contribution in [2.45, 2.75) is 229 Å². The summed E-state index contributed by atoms with van der Waals surface area (Å²) in [4.78, 5) is 38.3. The number of esters is 2. The van der Waals surface area contributed by atoms with Crippen LogP contribution in [0.1, 0.15) is 219 Å². The third-order valence-electron chi connectivity index (χ3n) is 10.3. The molecule has 0 saturated carbocycles. The number of rotatable bonds is 42. The fraction of sp³-hybridized carbons (Fsp3) is 0.955. The Hall–Kier alpha value is -0.0300. The standard InChI is InChI=1S/C44H86Br2NO8P/c1-6-8-10-12-14-16-18-20-22-24-26-28-30-32-34-36-42(48)54-41(40-53-56(50,51)52-39-38-47(3,4)5)44(45,46)55-43(49)37-35-33-31-29-27-25-23-21-19-17-15-13-11-9-7-2/h41H,6-40H2,1-5H3/t41-/m0/s1. The first-order chi connectivity index (χ1) is 26.7. The van der Waals surface area contributed by atoms with E-state index in [2.05, 4.69) is 45.7 Å². The number of quaternary nitrogens is 1. The molecule has 0 rings (SSSR count). The molecule has 0 radical (unpaired) electrons. The number of phosphoric acid groups is 1. The number of phosphoric ester groups is 1. The number of carbonyl (C=O) groups is 2. The number of unbranched alkanes of at least 4 members (excludes halogenated alkanes) is 28. The highest BCUT2D eigenvalue weighted by molar-refractivity contribution is 9.25. The van der Waals surface area contributed by atoms with Crippen LogP contribution in [0.15, 0.2) is 0 Å². The predicted molar refractivity (Wildman–Crippen MR) is 238 cm³/mol. The second-order valence-electron chi connectivity index (χ2n) is 17.0. The Kier molecular flexibility index (Phi) is 36.8. The summed E-state index contributed by atoms with van der Waals surface area (Å²) in [5, 5.41) is 0. The minimum Gasteiger partial charge on any atom is -0.756 e. The molecular formula is C44H86Br2NO8P. The summed E-state index contributed by atoms with van der Waals surface area (Å²) in [6, 6.07) is 0. The molecule has 2 atom stereocenters. The zero-order valence-electron chi connectivity index (χ0n) is 36.7. The second-order valence-corrected chi connectivity index (χ2v) is 21.8. The second kappa shape index (κ2) is 36.8. The van der Waals surface area contributed by atoms with Gasteiger partial charge in [-0.1, -0.05) is 194 Å². The summed E-state index contributed by atoms with van der Waals surface area (Å²) in [7, 11) is 1.05. The van der Waals surface area contributed by atoms with Gasteiger partial charge in [-0.25, -0.2) is 0 Å². The predicted octanol–water partition coefficient (Wildman–Crippen LogP) is 13.6. The van der Waals surface area contributed by atoms with Crippen molar-refractivity contribution in [2.75, 3.05) is 40.9 Å². The maximum atomic E-state index is 12.9. The minimum absolute atomic E-state index is 0.0596. The summed E-state index contributed by atoms with van der Waals surface area (Å²) >= 11 is 6.68. The van der Waals surface area contributed by atoms with Gasteiger partial charge in [0.1, 0.15) is 13.2 Å². The number of halogens is 2. The molecule has 0 aromatic carbocycles. The molecule has 0 N–H and O–H groups in total. The summed E-state index contributed by atoms with van der Waals surface area (Å²) in [5.41, 5.74) is 0. The quantitative estimate of drug-likeness (QED) is 0.0196. The molecule has 0 aliphatic carbocycles. The van der Waals surface area contributed by atoms with E-state index in [4.69, 9.17) is 18.5 Å². The molecule has 0 bridgehead atoms. The van der Waals surface area contributed by atoms with E-state index in [1.54, 1.807) is 0 Å². The highest BCUT2D eigenvalue weighted by atomic mass is 79.9. The van der Waals surface area contributed by atoms with Crippen LogP contribution < -0.4 is 4.89 Å². The molecule has 0 aromatic rings. The molecule has 0 aliphatic rings. The number of alkyl halides is 2. The number of ether oxygens (including phenoxy) is 2. The Labute approximate surface area is 361 Å². The SMILES string of the molecule is CCCCCCCCCCCCCCCCCC(=O)O[C@@H](COP(=O)([O-])OCC[N+](C)(C)C)C(Br)(Br)OC(=O)CCCCCCCCCCCCCCCCC. The molecule has 0 spiro atoms. The average molecular weight is 948 g/mol. The van der Waals surface area contributed by atoms with Crippen molar-refractivity contribution in [1.29, 1.82) is 0 Å². The van der Waals surface area contributed by atoms with Crippen LogP contribution in [0, 0.1) is 0 Å². The van der Waals surface area contributed by atoms with E-state index in [0.717, 1.165) is 38.5 Å². The highest BCUT2D eigenvalue weighted by Crippen LogP contribution is 2.42. The Bertz CT molecular complexity index is 981. The Balaban J connectivity index is 4.57. The first kappa shape index (κ1) is 56.0. The number of hydrogen-bond donors (Lipinski definition) is 0. The molecule has 0 fully saturated rings. The normalized spacial score (nSPS) is 13.8. The van der Waals surface area contributed by atoms with Gasteiger partial charge in [0, 0.05) is 12.8 Å². The van der Waals surface area contributed by atoms with Crippen LogP contribution >= 0.6 is 39.7 Å². The third-order valence-corrected chi connectivity index (χ3v) is 12.6. The van der Waals surface area contributed by atoms with Crippen molar-refractivity contribution in [3.05, 3.63) is 0 Å². The first-order valence-corrected chi connectivity index (χ1v) is 26.0. The molecule has 0 aliphatic heterocycles. The fourth-order valence-electron chi connectivity index (χ4n) is 6.59. The molecule has 0 heterocycles. The van der Waals surface area contributed by atoms with Gasteiger partial charge in [-0.05, 0) is 44.7 Å². The molecule has 9 nitrogen and oxygen atoms in total. The molecule has 0 saturated heterocycles. The van der Waals surface area contributed by atoms with Crippen molar-refractivity contribution in [1.82, 2.24) is 0 Å². The number of hydrogen-bond acceptors (Lipinski definition) is 8. The van der Waals surface area contributed by atoms with Crippen molar-refractivity contribution < 1.29 is 42.1 Å². The maximum absolute atomic E-state index is 12.9. The maximum Gasteiger partial charge on any atom is 0.308 e. The van der Waals surface area contributed by atoms with E-state index >= 15 is 0 Å². The van der Waals surface area contributed by atoms with Gasteiger partial charge in [0.25, 0.3) is 11.2 Å². The minimum atomic E-state index is -4.71. The van der Waals surface area contributed by atoms with Gasteiger partial charge in [-0.3, -0.25) is 14.2 Å². The molecule has 12 heteroatoms. The molecular weight excluding hydrogens is 861 g/mol. The van der Waals surface area contributed by atoms with Crippen molar-refractivity contribution >= 4 is 51.6 Å². The smallest absolute Gasteiger partial charge is 0.308 e. The monoisotopic (exact) mass is 945 g/mol. The van der Waals surface area contributed by atoms with Crippen molar-refractivity contribution in [3.63, 3.8) is 0 Å². The van der Waals surface area contributed by atoms with Gasteiger partial charge in [-0.15, -0.1) is 0 Å². The van der Waals surface area contributed by atoms with E-state index in [1.165, 1.54) is 141 Å². The third kappa shape index (κ3) is 38.2. The van der Waals surface area contributed by atoms with E-state index in [-0.39, 0.29) is 19.4 Å². The van der Waals surface area contributed by atoms with Crippen LogP contribution in [0.25, 0.3) is 0 Å². The van der Waals surface area contributed by atoms with Crippen LogP contribution in [0.5, 0.6) is 0 Å². The van der Waals surface area contributed by atoms with E-state index in [9.17, 15) is 19.0 Å². The lowest BCUT2D eigenvalue weighted by atomic mass is 10.0. The number of carbonyl (C=O) groups excluding carboxylic acids is 2. The summed E-state index contributed by atoms with van der Waals surface area (Å²) in [6.07, 6.45) is 36.0. The lowest BCUT2D eigenvalue weighted by Crippen LogP contribution is -2.42. The van der Waals surface area contributed by atoms with Crippen molar-refractivity contribution in [3.8, 4) is 0 Å². The molecule has 1 unspecified atom stereocenters. The zero-order chi connectivity index (χ0) is 41.8. The summed E-state index contributed by atoms with van der Waals surface area (Å²) in [5.74, 6) is -0.997. The molecule has 56 heavy (non-hydrogen) atoms. The van der Waals surface area contributed by atoms with E-state index in [0.29, 0.717) is 23.9 Å². The van der Waals surface area contributed by atoms with Gasteiger partial charge in [-0.2, -0.15) is 0 Å². The molecule has 0 amide bonds. The summed E-state index contributed by atoms with van der Waals surface area (Å²) in [6.45, 7) is 4.32. The van der Waals surface area contributed by atoms with Gasteiger partial charge in [0.05, 0.1) is 27.7 Å². The van der Waals surface area contributed by atoms with Gasteiger partial charge >= 0.3 is 11.9 Å². The Morgan fingerprint density at radius 2 is 0.875 bits per heavy atom. The largest absolute Gasteiger partial charge is 0.756 e. The Morgan fingerprint density at radius 3 is 1.21 bits per heavy atom. The van der Waals surface area contributed by atoms with Crippen LogP contribution in [0.3, 0.4) is 0 Å². The first-order valence-electron chi connectivity index (χ1n) is 22.9. The van der Waals surface area contributed by atoms with Crippen LogP contribution in [-0.2, 0) is 32.7 Å². The zero-order valence-corrected chi connectivity index (χ0v) is 40.8. The van der Waals surface area contributed by atoms with Crippen LogP contribution in [-0.4, -0.2) is 66.8 Å². The van der Waals surface area contributed by atoms with E-state index in [1.807, 2.05) is 21.1 Å². The Morgan fingerprint density at radius 1 is 0.554 bits per heavy atom. The van der Waals surface area contributed by atoms with Crippen molar-refractivity contribution in [2.24, 2.45) is 0 Å².